The number of carboxylic acid groups (broad SMARTS) is 1. The van der Waals surface area contributed by atoms with E-state index in [-0.39, 0.29) is 6.42 Å². The van der Waals surface area contributed by atoms with Crippen LogP contribution in [0, 0.1) is 0 Å². The first kappa shape index (κ1) is 24.0. The van der Waals surface area contributed by atoms with Gasteiger partial charge in [-0.3, -0.25) is 4.79 Å². The summed E-state index contributed by atoms with van der Waals surface area (Å²) in [6.45, 7) is 0. The molecule has 168 valence electrons. The fourth-order valence-corrected chi connectivity index (χ4v) is 8.75. The Morgan fingerprint density at radius 3 is 1.66 bits per heavy atom. The molecule has 3 rings (SSSR count). The van der Waals surface area contributed by atoms with E-state index in [4.69, 9.17) is 5.11 Å². The summed E-state index contributed by atoms with van der Waals surface area (Å²) in [6.07, 6.45) is 6.54. The number of hydrogen-bond acceptors (Lipinski definition) is 2. The molecule has 3 aromatic rings. The van der Waals surface area contributed by atoms with Gasteiger partial charge in [0.15, 0.2) is 0 Å². The summed E-state index contributed by atoms with van der Waals surface area (Å²) in [7, 11) is 2.37. The summed E-state index contributed by atoms with van der Waals surface area (Å²) in [4.78, 5) is 12.9. The van der Waals surface area contributed by atoms with E-state index in [9.17, 15) is 4.79 Å². The first-order chi connectivity index (χ1) is 15.5. The lowest BCUT2D eigenvalue weighted by molar-refractivity contribution is -0.137. The first-order valence-corrected chi connectivity index (χ1v) is 13.5. The van der Waals surface area contributed by atoms with Gasteiger partial charge in [-0.05, 0) is 67.8 Å². The lowest BCUT2D eigenvalue weighted by atomic mass is 10.1. The van der Waals surface area contributed by atoms with Gasteiger partial charge in [0.05, 0.1) is 6.16 Å². The molecule has 0 aromatic heterocycles. The minimum atomic E-state index is -1.79. The summed E-state index contributed by atoms with van der Waals surface area (Å²) in [5.74, 6) is -0.690. The highest BCUT2D eigenvalue weighted by Crippen LogP contribution is 2.56. The van der Waals surface area contributed by atoms with E-state index in [0.717, 1.165) is 38.3 Å². The van der Waals surface area contributed by atoms with Gasteiger partial charge < -0.3 is 10.0 Å². The van der Waals surface area contributed by atoms with Gasteiger partial charge in [-0.15, -0.1) is 0 Å². The Kier molecular flexibility index (Phi) is 8.88. The van der Waals surface area contributed by atoms with Crippen LogP contribution >= 0.6 is 7.26 Å². The molecule has 3 nitrogen and oxygen atoms in total. The third kappa shape index (κ3) is 5.99. The van der Waals surface area contributed by atoms with Crippen molar-refractivity contribution in [2.75, 3.05) is 25.2 Å². The lowest BCUT2D eigenvalue weighted by Gasteiger charge is -2.28. The molecule has 0 atom stereocenters. The second-order valence-electron chi connectivity index (χ2n) is 8.53. The van der Waals surface area contributed by atoms with E-state index in [1.54, 1.807) is 0 Å². The molecule has 0 saturated heterocycles. The Balaban J connectivity index is 1.92. The van der Waals surface area contributed by atoms with E-state index in [1.807, 2.05) is 0 Å². The molecule has 32 heavy (non-hydrogen) atoms. The first-order valence-electron chi connectivity index (χ1n) is 11.5. The van der Waals surface area contributed by atoms with Crippen LogP contribution in [0.25, 0.3) is 0 Å². The van der Waals surface area contributed by atoms with Crippen LogP contribution in [0.4, 0.5) is 5.69 Å². The van der Waals surface area contributed by atoms with Crippen molar-refractivity contribution in [1.29, 1.82) is 0 Å². The third-order valence-electron chi connectivity index (χ3n) is 6.08. The van der Waals surface area contributed by atoms with Crippen LogP contribution in [0.2, 0.25) is 0 Å². The Bertz CT molecular complexity index is 916. The van der Waals surface area contributed by atoms with Crippen LogP contribution in [0.1, 0.15) is 38.5 Å². The van der Waals surface area contributed by atoms with Crippen molar-refractivity contribution in [1.82, 2.24) is 0 Å². The molecule has 0 fully saturated rings. The maximum absolute atomic E-state index is 10.8. The molecule has 0 aliphatic carbocycles. The monoisotopic (exact) mass is 448 g/mol. The lowest BCUT2D eigenvalue weighted by Crippen LogP contribution is -2.33. The minimum absolute atomic E-state index is 0.281. The summed E-state index contributed by atoms with van der Waals surface area (Å²) >= 11 is 0. The van der Waals surface area contributed by atoms with Crippen molar-refractivity contribution in [3.63, 3.8) is 0 Å². The quantitative estimate of drug-likeness (QED) is 0.295. The average molecular weight is 449 g/mol. The molecule has 0 amide bonds. The smallest absolute Gasteiger partial charge is 0.303 e. The highest BCUT2D eigenvalue weighted by molar-refractivity contribution is 7.95. The predicted octanol–water partition coefficient (Wildman–Crippen LogP) is 5.47. The number of nitrogens with zero attached hydrogens (tertiary/aromatic N) is 1. The number of carboxylic acids is 1. The van der Waals surface area contributed by atoms with E-state index >= 15 is 0 Å². The fraction of sp³-hybridized carbons (Fsp3) is 0.321. The molecule has 0 saturated carbocycles. The Labute approximate surface area is 193 Å². The maximum Gasteiger partial charge on any atom is 0.303 e. The number of benzene rings is 3. The van der Waals surface area contributed by atoms with Crippen LogP contribution in [0.3, 0.4) is 0 Å². The molecule has 0 aliphatic heterocycles. The minimum Gasteiger partial charge on any atom is -0.481 e. The Morgan fingerprint density at radius 1 is 0.688 bits per heavy atom. The topological polar surface area (TPSA) is 40.5 Å². The van der Waals surface area contributed by atoms with Crippen molar-refractivity contribution in [3.8, 4) is 0 Å². The van der Waals surface area contributed by atoms with E-state index < -0.39 is 13.2 Å². The number of unbranched alkanes of at least 4 members (excludes halogenated alkanes) is 4. The van der Waals surface area contributed by atoms with Gasteiger partial charge in [-0.25, -0.2) is 0 Å². The van der Waals surface area contributed by atoms with Crippen LogP contribution < -0.4 is 20.8 Å². The number of rotatable bonds is 12. The maximum atomic E-state index is 10.8. The summed E-state index contributed by atoms with van der Waals surface area (Å²) < 4.78 is 0. The second kappa shape index (κ2) is 11.8. The predicted molar refractivity (Wildman–Crippen MR) is 140 cm³/mol. The van der Waals surface area contributed by atoms with Crippen molar-refractivity contribution in [2.24, 2.45) is 0 Å². The molecule has 4 heteroatoms. The van der Waals surface area contributed by atoms with E-state index in [1.165, 1.54) is 21.6 Å². The summed E-state index contributed by atoms with van der Waals surface area (Å²) in [6, 6.07) is 31.2. The van der Waals surface area contributed by atoms with Gasteiger partial charge in [0.25, 0.3) is 0 Å². The fourth-order valence-electron chi connectivity index (χ4n) is 4.36. The normalized spacial score (nSPS) is 11.3. The number of aliphatic carboxylic acids is 1. The highest BCUT2D eigenvalue weighted by atomic mass is 31.2. The van der Waals surface area contributed by atoms with Gasteiger partial charge in [0, 0.05) is 26.2 Å². The Morgan fingerprint density at radius 2 is 1.16 bits per heavy atom. The zero-order valence-electron chi connectivity index (χ0n) is 19.3. The van der Waals surface area contributed by atoms with Crippen LogP contribution in [-0.2, 0) is 4.79 Å². The SMILES string of the molecule is CN(C)c1ccc([P+](CCCCCCCC(=O)O)(c2ccccc2)c2ccccc2)cc1. The molecule has 3 aromatic carbocycles. The van der Waals surface area contributed by atoms with Gasteiger partial charge in [0.1, 0.15) is 23.2 Å². The standard InChI is InChI=1S/C28H34NO2P/c1-29(2)24-19-21-27(22-20-24)32(25-14-8-6-9-15-25,26-16-10-7-11-17-26)23-13-5-3-4-12-18-28(30)31/h6-11,14-17,19-22H,3-5,12-13,18,23H2,1-2H3/p+1. The van der Waals surface area contributed by atoms with Crippen LogP contribution in [-0.4, -0.2) is 31.3 Å². The summed E-state index contributed by atoms with van der Waals surface area (Å²) in [5, 5.41) is 13.1. The zero-order valence-corrected chi connectivity index (χ0v) is 20.2. The van der Waals surface area contributed by atoms with Crippen molar-refractivity contribution in [3.05, 3.63) is 84.9 Å². The molecule has 0 heterocycles. The van der Waals surface area contributed by atoms with Crippen LogP contribution in [0.5, 0.6) is 0 Å². The number of hydrogen-bond donors (Lipinski definition) is 1. The highest BCUT2D eigenvalue weighted by Gasteiger charge is 2.44. The van der Waals surface area contributed by atoms with Crippen molar-refractivity contribution < 1.29 is 9.90 Å². The van der Waals surface area contributed by atoms with E-state index in [0.29, 0.717) is 0 Å². The van der Waals surface area contributed by atoms with Crippen molar-refractivity contribution in [2.45, 2.75) is 38.5 Å². The molecule has 0 unspecified atom stereocenters. The van der Waals surface area contributed by atoms with Gasteiger partial charge in [0.2, 0.25) is 0 Å². The van der Waals surface area contributed by atoms with Gasteiger partial charge in [-0.1, -0.05) is 49.2 Å². The third-order valence-corrected chi connectivity index (χ3v) is 10.6. The molecule has 1 N–H and O–H groups in total. The molecular weight excluding hydrogens is 413 g/mol. The van der Waals surface area contributed by atoms with Crippen LogP contribution in [0.15, 0.2) is 84.9 Å². The molecule has 0 spiro atoms. The van der Waals surface area contributed by atoms with E-state index in [2.05, 4.69) is 104 Å². The largest absolute Gasteiger partial charge is 0.481 e. The zero-order chi connectivity index (χ0) is 22.8. The van der Waals surface area contributed by atoms with Gasteiger partial charge in [-0.2, -0.15) is 0 Å². The van der Waals surface area contributed by atoms with Gasteiger partial charge >= 0.3 is 5.97 Å². The molecular formula is C28H35NO2P+. The number of carbonyl (C=O) groups is 1. The van der Waals surface area contributed by atoms with Crippen molar-refractivity contribution >= 4 is 34.8 Å². The molecule has 0 radical (unpaired) electrons. The summed E-state index contributed by atoms with van der Waals surface area (Å²) in [5.41, 5.74) is 1.21. The number of anilines is 1. The average Bonchev–Trinajstić information content (AvgIpc) is 2.82. The molecule has 0 bridgehead atoms. The molecule has 0 aliphatic rings. The Hall–Kier alpha value is -2.64. The second-order valence-corrected chi connectivity index (χ2v) is 12.1.